The van der Waals surface area contributed by atoms with Gasteiger partial charge in [-0.2, -0.15) is 0 Å². The molecule has 1 heteroatoms. The van der Waals surface area contributed by atoms with Gasteiger partial charge in [0.15, 0.2) is 0 Å². The van der Waals surface area contributed by atoms with Gasteiger partial charge in [-0.1, -0.05) is 13.3 Å². The summed E-state index contributed by atoms with van der Waals surface area (Å²) in [5.41, 5.74) is 1.11. The van der Waals surface area contributed by atoms with E-state index in [4.69, 9.17) is 0 Å². The smallest absolute Gasteiger partial charge is 0.0155 e. The summed E-state index contributed by atoms with van der Waals surface area (Å²) in [5, 5.41) is 3.60. The van der Waals surface area contributed by atoms with Crippen LogP contribution in [0.5, 0.6) is 0 Å². The topological polar surface area (TPSA) is 12.0 Å². The van der Waals surface area contributed by atoms with Crippen molar-refractivity contribution in [1.82, 2.24) is 5.32 Å². The van der Waals surface area contributed by atoms with Crippen molar-refractivity contribution in [2.75, 3.05) is 7.05 Å². The normalized spacial score (nSPS) is 48.7. The van der Waals surface area contributed by atoms with Crippen molar-refractivity contribution in [3.63, 3.8) is 0 Å². The van der Waals surface area contributed by atoms with E-state index >= 15 is 0 Å². The number of hydrogen-bond donors (Lipinski definition) is 1. The zero-order chi connectivity index (χ0) is 12.3. The summed E-state index contributed by atoms with van der Waals surface area (Å²) in [6.45, 7) is 7.29. The predicted molar refractivity (Wildman–Crippen MR) is 72.9 cm³/mol. The van der Waals surface area contributed by atoms with Crippen LogP contribution in [-0.4, -0.2) is 12.6 Å². The summed E-state index contributed by atoms with van der Waals surface area (Å²) in [6.07, 6.45) is 9.13. The van der Waals surface area contributed by atoms with E-state index < -0.39 is 0 Å². The summed E-state index contributed by atoms with van der Waals surface area (Å²) in [6, 6.07) is 0. The van der Waals surface area contributed by atoms with E-state index in [9.17, 15) is 0 Å². The average molecular weight is 235 g/mol. The Morgan fingerprint density at radius 3 is 2.18 bits per heavy atom. The lowest BCUT2D eigenvalue weighted by atomic mass is 9.43. The number of hydrogen-bond acceptors (Lipinski definition) is 1. The van der Waals surface area contributed by atoms with Gasteiger partial charge in [0.25, 0.3) is 0 Å². The van der Waals surface area contributed by atoms with Crippen LogP contribution in [-0.2, 0) is 0 Å². The molecule has 98 valence electrons. The van der Waals surface area contributed by atoms with E-state index in [1.807, 2.05) is 0 Å². The molecule has 2 unspecified atom stereocenters. The third kappa shape index (κ3) is 1.69. The largest absolute Gasteiger partial charge is 0.315 e. The molecule has 17 heavy (non-hydrogen) atoms. The van der Waals surface area contributed by atoms with Crippen molar-refractivity contribution in [3.8, 4) is 0 Å². The Bertz CT molecular complexity index is 291. The predicted octanol–water partition coefficient (Wildman–Crippen LogP) is 3.84. The molecule has 4 bridgehead atoms. The molecule has 4 aliphatic rings. The summed E-state index contributed by atoms with van der Waals surface area (Å²) in [5.74, 6) is 4.05. The quantitative estimate of drug-likeness (QED) is 0.784. The van der Waals surface area contributed by atoms with Crippen LogP contribution in [0.3, 0.4) is 0 Å². The van der Waals surface area contributed by atoms with Crippen LogP contribution in [0, 0.1) is 29.1 Å². The fraction of sp³-hybridized carbons (Fsp3) is 1.00. The first kappa shape index (κ1) is 12.0. The zero-order valence-corrected chi connectivity index (χ0v) is 12.1. The lowest BCUT2D eigenvalue weighted by Crippen LogP contribution is -2.59. The second-order valence-electron chi connectivity index (χ2n) is 7.82. The van der Waals surface area contributed by atoms with Crippen molar-refractivity contribution in [3.05, 3.63) is 0 Å². The Morgan fingerprint density at radius 1 is 1.12 bits per heavy atom. The monoisotopic (exact) mass is 235 g/mol. The van der Waals surface area contributed by atoms with Crippen LogP contribution in [0.4, 0.5) is 0 Å². The molecule has 0 radical (unpaired) electrons. The third-order valence-electron chi connectivity index (χ3n) is 6.63. The average Bonchev–Trinajstić information content (AvgIpc) is 2.27. The van der Waals surface area contributed by atoms with Crippen LogP contribution in [0.1, 0.15) is 59.3 Å². The van der Waals surface area contributed by atoms with Crippen LogP contribution in [0.25, 0.3) is 0 Å². The molecule has 0 spiro atoms. The second-order valence-corrected chi connectivity index (χ2v) is 7.82. The zero-order valence-electron chi connectivity index (χ0n) is 12.1. The van der Waals surface area contributed by atoms with Crippen molar-refractivity contribution in [2.45, 2.75) is 64.8 Å². The van der Waals surface area contributed by atoms with Crippen molar-refractivity contribution in [2.24, 2.45) is 29.1 Å². The first-order valence-corrected chi connectivity index (χ1v) is 7.68. The molecule has 4 saturated carbocycles. The van der Waals surface area contributed by atoms with Crippen molar-refractivity contribution >= 4 is 0 Å². The standard InChI is InChI=1S/C16H29N/c1-5-16-8-11-6-12(9-16)14(13(7-11)10-16)15(2,3)17-4/h11-14,17H,5-10H2,1-4H3. The highest BCUT2D eigenvalue weighted by Gasteiger charge is 2.57. The molecule has 4 aliphatic carbocycles. The maximum Gasteiger partial charge on any atom is 0.0155 e. The van der Waals surface area contributed by atoms with E-state index in [2.05, 4.69) is 33.1 Å². The maximum atomic E-state index is 3.60. The van der Waals surface area contributed by atoms with Crippen LogP contribution < -0.4 is 5.32 Å². The molecule has 0 aromatic heterocycles. The van der Waals surface area contributed by atoms with Gasteiger partial charge < -0.3 is 5.32 Å². The molecule has 0 aliphatic heterocycles. The minimum atomic E-state index is 0.345. The van der Waals surface area contributed by atoms with Crippen LogP contribution in [0.2, 0.25) is 0 Å². The highest BCUT2D eigenvalue weighted by atomic mass is 14.9. The fourth-order valence-corrected chi connectivity index (χ4v) is 5.97. The van der Waals surface area contributed by atoms with Gasteiger partial charge in [-0.15, -0.1) is 0 Å². The van der Waals surface area contributed by atoms with Crippen LogP contribution >= 0.6 is 0 Å². The van der Waals surface area contributed by atoms with Gasteiger partial charge in [0, 0.05) is 5.54 Å². The summed E-state index contributed by atoms with van der Waals surface area (Å²) in [7, 11) is 2.15. The minimum absolute atomic E-state index is 0.345. The molecular formula is C16H29N. The maximum absolute atomic E-state index is 3.60. The first-order valence-electron chi connectivity index (χ1n) is 7.68. The van der Waals surface area contributed by atoms with Gasteiger partial charge in [0.1, 0.15) is 0 Å². The highest BCUT2D eigenvalue weighted by molar-refractivity contribution is 5.08. The summed E-state index contributed by atoms with van der Waals surface area (Å²) < 4.78 is 0. The molecule has 4 fully saturated rings. The minimum Gasteiger partial charge on any atom is -0.315 e. The Morgan fingerprint density at radius 2 is 1.71 bits per heavy atom. The number of nitrogens with one attached hydrogen (secondary N) is 1. The van der Waals surface area contributed by atoms with E-state index in [0.29, 0.717) is 5.54 Å². The number of rotatable bonds is 3. The Balaban J connectivity index is 1.88. The first-order chi connectivity index (χ1) is 8.00. The van der Waals surface area contributed by atoms with Crippen molar-refractivity contribution < 1.29 is 0 Å². The lowest BCUT2D eigenvalue weighted by Gasteiger charge is -2.63. The molecule has 0 aromatic carbocycles. The SMILES string of the molecule is CCC12CC3CC(C1)C(C(C)(C)NC)C(C3)C2. The van der Waals surface area contributed by atoms with Gasteiger partial charge in [-0.05, 0) is 82.1 Å². The Labute approximate surface area is 107 Å². The van der Waals surface area contributed by atoms with Gasteiger partial charge >= 0.3 is 0 Å². The molecule has 2 atom stereocenters. The lowest BCUT2D eigenvalue weighted by molar-refractivity contribution is -0.119. The van der Waals surface area contributed by atoms with Gasteiger partial charge in [-0.25, -0.2) is 0 Å². The van der Waals surface area contributed by atoms with E-state index in [1.54, 1.807) is 6.42 Å². The molecule has 0 aromatic rings. The molecule has 0 heterocycles. The van der Waals surface area contributed by atoms with E-state index in [1.165, 1.54) is 32.1 Å². The Kier molecular flexibility index (Phi) is 2.63. The van der Waals surface area contributed by atoms with Gasteiger partial charge in [0.2, 0.25) is 0 Å². The molecule has 1 nitrogen and oxygen atoms in total. The van der Waals surface area contributed by atoms with E-state index in [0.717, 1.165) is 29.1 Å². The summed E-state index contributed by atoms with van der Waals surface area (Å²) >= 11 is 0. The van der Waals surface area contributed by atoms with Gasteiger partial charge in [-0.3, -0.25) is 0 Å². The van der Waals surface area contributed by atoms with Crippen molar-refractivity contribution in [1.29, 1.82) is 0 Å². The third-order valence-corrected chi connectivity index (χ3v) is 6.63. The summed E-state index contributed by atoms with van der Waals surface area (Å²) in [4.78, 5) is 0. The highest BCUT2D eigenvalue weighted by Crippen LogP contribution is 2.64. The molecule has 0 amide bonds. The molecule has 4 rings (SSSR count). The van der Waals surface area contributed by atoms with Gasteiger partial charge in [0.05, 0.1) is 0 Å². The molecule has 1 N–H and O–H groups in total. The second kappa shape index (κ2) is 3.73. The molecular weight excluding hydrogens is 206 g/mol. The fourth-order valence-electron chi connectivity index (χ4n) is 5.97. The Hall–Kier alpha value is -0.0400. The van der Waals surface area contributed by atoms with Crippen LogP contribution in [0.15, 0.2) is 0 Å². The molecule has 0 saturated heterocycles. The van der Waals surface area contributed by atoms with E-state index in [-0.39, 0.29) is 0 Å².